The molecular weight excluding hydrogens is 271 g/mol. The lowest BCUT2D eigenvalue weighted by atomic mass is 10.1. The Morgan fingerprint density at radius 1 is 1.48 bits per heavy atom. The molecule has 1 saturated heterocycles. The maximum Gasteiger partial charge on any atom is 0.165 e. The van der Waals surface area contributed by atoms with Gasteiger partial charge in [-0.1, -0.05) is 12.1 Å². The van der Waals surface area contributed by atoms with Crippen molar-refractivity contribution in [2.24, 2.45) is 0 Å². The fourth-order valence-corrected chi connectivity index (χ4v) is 2.81. The molecule has 0 spiro atoms. The van der Waals surface area contributed by atoms with Gasteiger partial charge in [-0.05, 0) is 45.0 Å². The average Bonchev–Trinajstić information content (AvgIpc) is 2.47. The smallest absolute Gasteiger partial charge is 0.165 e. The van der Waals surface area contributed by atoms with E-state index in [1.165, 1.54) is 13.2 Å². The number of hydrogen-bond acceptors (Lipinski definition) is 4. The van der Waals surface area contributed by atoms with Gasteiger partial charge in [0.1, 0.15) is 0 Å². The lowest BCUT2D eigenvalue weighted by Gasteiger charge is -2.29. The van der Waals surface area contributed by atoms with Gasteiger partial charge < -0.3 is 20.1 Å². The van der Waals surface area contributed by atoms with E-state index in [4.69, 9.17) is 4.74 Å². The number of nitrogens with one attached hydrogen (secondary N) is 1. The molecule has 1 atom stereocenters. The van der Waals surface area contributed by atoms with Crippen LogP contribution in [-0.2, 0) is 6.54 Å². The summed E-state index contributed by atoms with van der Waals surface area (Å²) in [7, 11) is 1.49. The van der Waals surface area contributed by atoms with Crippen LogP contribution in [-0.4, -0.2) is 49.4 Å². The lowest BCUT2D eigenvalue weighted by Crippen LogP contribution is -2.39. The summed E-state index contributed by atoms with van der Waals surface area (Å²) < 4.78 is 18.6. The number of likely N-dealkylation sites (tertiary alicyclic amines) is 1. The fourth-order valence-electron chi connectivity index (χ4n) is 2.81. The van der Waals surface area contributed by atoms with Gasteiger partial charge in [0.2, 0.25) is 0 Å². The van der Waals surface area contributed by atoms with Crippen molar-refractivity contribution in [1.82, 2.24) is 10.2 Å². The standard InChI is InChI=1S/C16H25FN2O2/c1-21-16-13(5-2-7-15(16)17)11-18-8-4-10-19-9-3-6-14(20)12-19/h2,5,7,14,18,20H,3-4,6,8-12H2,1H3. The summed E-state index contributed by atoms with van der Waals surface area (Å²) in [6, 6.07) is 4.98. The Hall–Kier alpha value is -1.17. The first-order valence-corrected chi connectivity index (χ1v) is 7.63. The molecule has 2 rings (SSSR count). The van der Waals surface area contributed by atoms with Gasteiger partial charge in [-0.2, -0.15) is 0 Å². The van der Waals surface area contributed by atoms with Gasteiger partial charge >= 0.3 is 0 Å². The minimum absolute atomic E-state index is 0.164. The molecule has 1 aliphatic heterocycles. The highest BCUT2D eigenvalue weighted by molar-refractivity contribution is 5.34. The molecule has 0 aliphatic carbocycles. The van der Waals surface area contributed by atoms with E-state index < -0.39 is 0 Å². The number of nitrogens with zero attached hydrogens (tertiary/aromatic N) is 1. The van der Waals surface area contributed by atoms with Crippen molar-refractivity contribution in [2.45, 2.75) is 31.9 Å². The van der Waals surface area contributed by atoms with Crippen molar-refractivity contribution in [3.63, 3.8) is 0 Å². The number of hydrogen-bond donors (Lipinski definition) is 2. The van der Waals surface area contributed by atoms with Crippen LogP contribution in [0.4, 0.5) is 4.39 Å². The molecule has 1 aromatic rings. The van der Waals surface area contributed by atoms with Gasteiger partial charge in [-0.25, -0.2) is 4.39 Å². The van der Waals surface area contributed by atoms with Crippen molar-refractivity contribution in [3.05, 3.63) is 29.6 Å². The zero-order valence-electron chi connectivity index (χ0n) is 12.6. The molecule has 1 aromatic carbocycles. The van der Waals surface area contributed by atoms with E-state index in [1.54, 1.807) is 6.07 Å². The number of ether oxygens (including phenoxy) is 1. The number of methoxy groups -OCH3 is 1. The summed E-state index contributed by atoms with van der Waals surface area (Å²) in [6.07, 6.45) is 2.86. The molecule has 0 aromatic heterocycles. The van der Waals surface area contributed by atoms with Crippen LogP contribution < -0.4 is 10.1 Å². The third-order valence-electron chi connectivity index (χ3n) is 3.88. The highest BCUT2D eigenvalue weighted by Gasteiger charge is 2.16. The van der Waals surface area contributed by atoms with Gasteiger partial charge in [0.15, 0.2) is 11.6 Å². The quantitative estimate of drug-likeness (QED) is 0.753. The number of para-hydroxylation sites is 1. The van der Waals surface area contributed by atoms with Crippen LogP contribution in [0.1, 0.15) is 24.8 Å². The number of benzene rings is 1. The Labute approximate surface area is 125 Å². The number of halogens is 1. The van der Waals surface area contributed by atoms with E-state index in [-0.39, 0.29) is 11.9 Å². The average molecular weight is 296 g/mol. The van der Waals surface area contributed by atoms with Crippen LogP contribution in [0.25, 0.3) is 0 Å². The number of aliphatic hydroxyl groups is 1. The number of piperidine rings is 1. The summed E-state index contributed by atoms with van der Waals surface area (Å²) in [5, 5.41) is 12.9. The zero-order chi connectivity index (χ0) is 15.1. The third-order valence-corrected chi connectivity index (χ3v) is 3.88. The SMILES string of the molecule is COc1c(F)cccc1CNCCCN1CCCC(O)C1. The largest absolute Gasteiger partial charge is 0.493 e. The Morgan fingerprint density at radius 2 is 2.33 bits per heavy atom. The minimum atomic E-state index is -0.320. The van der Waals surface area contributed by atoms with E-state index in [0.717, 1.165) is 51.0 Å². The van der Waals surface area contributed by atoms with E-state index in [9.17, 15) is 9.50 Å². The van der Waals surface area contributed by atoms with Crippen molar-refractivity contribution in [3.8, 4) is 5.75 Å². The summed E-state index contributed by atoms with van der Waals surface area (Å²) >= 11 is 0. The molecule has 0 saturated carbocycles. The Kier molecular flexibility index (Phi) is 6.42. The lowest BCUT2D eigenvalue weighted by molar-refractivity contribution is 0.0702. The highest BCUT2D eigenvalue weighted by Crippen LogP contribution is 2.21. The van der Waals surface area contributed by atoms with Crippen LogP contribution in [0, 0.1) is 5.82 Å². The molecule has 1 heterocycles. The predicted molar refractivity (Wildman–Crippen MR) is 81.0 cm³/mol. The van der Waals surface area contributed by atoms with Gasteiger partial charge in [-0.3, -0.25) is 0 Å². The zero-order valence-corrected chi connectivity index (χ0v) is 12.6. The van der Waals surface area contributed by atoms with Gasteiger partial charge in [0, 0.05) is 18.7 Å². The van der Waals surface area contributed by atoms with Gasteiger partial charge in [0.25, 0.3) is 0 Å². The second kappa shape index (κ2) is 8.32. The number of aliphatic hydroxyl groups excluding tert-OH is 1. The van der Waals surface area contributed by atoms with Gasteiger partial charge in [0.05, 0.1) is 13.2 Å². The first-order chi connectivity index (χ1) is 10.2. The molecule has 0 bridgehead atoms. The summed E-state index contributed by atoms with van der Waals surface area (Å²) in [5.74, 6) is 0.00302. The molecule has 1 unspecified atom stereocenters. The third kappa shape index (κ3) is 4.95. The molecule has 2 N–H and O–H groups in total. The van der Waals surface area contributed by atoms with Crippen LogP contribution >= 0.6 is 0 Å². The molecule has 21 heavy (non-hydrogen) atoms. The highest BCUT2D eigenvalue weighted by atomic mass is 19.1. The van der Waals surface area contributed by atoms with Crippen molar-refractivity contribution in [1.29, 1.82) is 0 Å². The van der Waals surface area contributed by atoms with E-state index >= 15 is 0 Å². The van der Waals surface area contributed by atoms with E-state index in [0.29, 0.717) is 12.3 Å². The summed E-state index contributed by atoms with van der Waals surface area (Å²) in [6.45, 7) is 4.33. The van der Waals surface area contributed by atoms with Crippen LogP contribution in [0.3, 0.4) is 0 Å². The first kappa shape index (κ1) is 16.2. The molecule has 1 fully saturated rings. The van der Waals surface area contributed by atoms with Crippen molar-refractivity contribution in [2.75, 3.05) is 33.3 Å². The Balaban J connectivity index is 1.67. The maximum absolute atomic E-state index is 13.5. The normalized spacial score (nSPS) is 19.7. The van der Waals surface area contributed by atoms with Crippen LogP contribution in [0.15, 0.2) is 18.2 Å². The molecular formula is C16H25FN2O2. The molecule has 0 amide bonds. The van der Waals surface area contributed by atoms with Crippen molar-refractivity contribution >= 4 is 0 Å². The summed E-state index contributed by atoms with van der Waals surface area (Å²) in [5.41, 5.74) is 0.839. The Morgan fingerprint density at radius 3 is 3.10 bits per heavy atom. The monoisotopic (exact) mass is 296 g/mol. The second-order valence-electron chi connectivity index (χ2n) is 5.56. The second-order valence-corrected chi connectivity index (χ2v) is 5.56. The minimum Gasteiger partial charge on any atom is -0.493 e. The maximum atomic E-state index is 13.5. The molecule has 1 aliphatic rings. The predicted octanol–water partition coefficient (Wildman–Crippen LogP) is 1.77. The first-order valence-electron chi connectivity index (χ1n) is 7.63. The number of β-amino-alcohol motifs (C(OH)–C–C–N with tert-alkyl or cyclic N) is 1. The Bertz CT molecular complexity index is 442. The van der Waals surface area contributed by atoms with Crippen LogP contribution in [0.2, 0.25) is 0 Å². The topological polar surface area (TPSA) is 44.7 Å². The molecule has 118 valence electrons. The van der Waals surface area contributed by atoms with Crippen LogP contribution in [0.5, 0.6) is 5.75 Å². The summed E-state index contributed by atoms with van der Waals surface area (Å²) in [4.78, 5) is 2.30. The molecule has 0 radical (unpaired) electrons. The van der Waals surface area contributed by atoms with Crippen molar-refractivity contribution < 1.29 is 14.2 Å². The van der Waals surface area contributed by atoms with E-state index in [2.05, 4.69) is 10.2 Å². The number of rotatable bonds is 7. The molecule has 5 heteroatoms. The molecule has 4 nitrogen and oxygen atoms in total. The van der Waals surface area contributed by atoms with E-state index in [1.807, 2.05) is 6.07 Å². The van der Waals surface area contributed by atoms with Gasteiger partial charge in [-0.15, -0.1) is 0 Å². The fraction of sp³-hybridized carbons (Fsp3) is 0.625.